The predicted octanol–water partition coefficient (Wildman–Crippen LogP) is 3.87. The second-order valence-corrected chi connectivity index (χ2v) is 5.15. The summed E-state index contributed by atoms with van der Waals surface area (Å²) < 4.78 is 0.550. The minimum atomic E-state index is -0.00217. The summed E-state index contributed by atoms with van der Waals surface area (Å²) in [4.78, 5) is 10.8. The van der Waals surface area contributed by atoms with Gasteiger partial charge in [-0.1, -0.05) is 29.8 Å². The Hall–Kier alpha value is -1.61. The van der Waals surface area contributed by atoms with Gasteiger partial charge in [-0.05, 0) is 52.5 Å². The van der Waals surface area contributed by atoms with E-state index in [9.17, 15) is 9.90 Å². The molecular formula is C15H13BrO2. The second kappa shape index (κ2) is 5.36. The molecule has 0 radical (unpaired) electrons. The zero-order valence-corrected chi connectivity index (χ0v) is 11.6. The van der Waals surface area contributed by atoms with Crippen molar-refractivity contribution in [3.63, 3.8) is 0 Å². The number of phenols is 1. The van der Waals surface area contributed by atoms with Crippen LogP contribution in [0, 0.1) is 6.92 Å². The maximum Gasteiger partial charge on any atom is 0.153 e. The van der Waals surface area contributed by atoms with E-state index in [-0.39, 0.29) is 5.75 Å². The molecule has 0 atom stereocenters. The van der Waals surface area contributed by atoms with Gasteiger partial charge in [0, 0.05) is 0 Å². The van der Waals surface area contributed by atoms with Crippen molar-refractivity contribution in [3.05, 3.63) is 63.1 Å². The van der Waals surface area contributed by atoms with Gasteiger partial charge in [0.1, 0.15) is 5.75 Å². The van der Waals surface area contributed by atoms with Crippen LogP contribution in [0.15, 0.2) is 40.9 Å². The number of hydrogen-bond donors (Lipinski definition) is 1. The van der Waals surface area contributed by atoms with Gasteiger partial charge in [0.25, 0.3) is 0 Å². The summed E-state index contributed by atoms with van der Waals surface area (Å²) in [5.41, 5.74) is 3.70. The number of benzene rings is 2. The zero-order valence-electron chi connectivity index (χ0n) is 9.98. The van der Waals surface area contributed by atoms with Crippen LogP contribution in [0.4, 0.5) is 0 Å². The summed E-state index contributed by atoms with van der Waals surface area (Å²) in [6.07, 6.45) is 1.40. The Morgan fingerprint density at radius 3 is 2.44 bits per heavy atom. The molecule has 2 aromatic carbocycles. The normalized spacial score (nSPS) is 10.3. The van der Waals surface area contributed by atoms with E-state index in [1.54, 1.807) is 6.07 Å². The summed E-state index contributed by atoms with van der Waals surface area (Å²) in [7, 11) is 0. The lowest BCUT2D eigenvalue weighted by molar-refractivity contribution is 0.112. The minimum Gasteiger partial charge on any atom is -0.506 e. The van der Waals surface area contributed by atoms with Crippen molar-refractivity contribution in [2.24, 2.45) is 0 Å². The van der Waals surface area contributed by atoms with Gasteiger partial charge < -0.3 is 5.11 Å². The van der Waals surface area contributed by atoms with Crippen molar-refractivity contribution >= 4 is 22.2 Å². The fourth-order valence-electron chi connectivity index (χ4n) is 1.81. The van der Waals surface area contributed by atoms with Gasteiger partial charge in [-0.3, -0.25) is 4.79 Å². The van der Waals surface area contributed by atoms with Crippen molar-refractivity contribution < 1.29 is 9.90 Å². The van der Waals surface area contributed by atoms with E-state index >= 15 is 0 Å². The fraction of sp³-hybridized carbons (Fsp3) is 0.133. The number of aromatic hydroxyl groups is 1. The van der Waals surface area contributed by atoms with Crippen LogP contribution in [0.1, 0.15) is 27.0 Å². The van der Waals surface area contributed by atoms with Crippen molar-refractivity contribution in [1.29, 1.82) is 0 Å². The van der Waals surface area contributed by atoms with E-state index in [1.165, 1.54) is 11.1 Å². The minimum absolute atomic E-state index is 0.00217. The van der Waals surface area contributed by atoms with Gasteiger partial charge in [-0.2, -0.15) is 0 Å². The number of rotatable bonds is 3. The highest BCUT2D eigenvalue weighted by Gasteiger charge is 2.07. The van der Waals surface area contributed by atoms with Crippen LogP contribution >= 0.6 is 15.9 Å². The van der Waals surface area contributed by atoms with Crippen LogP contribution < -0.4 is 0 Å². The van der Waals surface area contributed by atoms with E-state index in [4.69, 9.17) is 0 Å². The number of aryl methyl sites for hydroxylation is 1. The molecule has 0 fully saturated rings. The molecule has 0 saturated heterocycles. The first-order valence-electron chi connectivity index (χ1n) is 5.62. The first-order chi connectivity index (χ1) is 8.60. The maximum atomic E-state index is 10.8. The van der Waals surface area contributed by atoms with Crippen molar-refractivity contribution in [1.82, 2.24) is 0 Å². The van der Waals surface area contributed by atoms with Gasteiger partial charge in [-0.25, -0.2) is 0 Å². The highest BCUT2D eigenvalue weighted by Crippen LogP contribution is 2.29. The topological polar surface area (TPSA) is 37.3 Å². The summed E-state index contributed by atoms with van der Waals surface area (Å²) in [6, 6.07) is 11.8. The first kappa shape index (κ1) is 12.8. The molecule has 0 bridgehead atoms. The Labute approximate surface area is 114 Å². The van der Waals surface area contributed by atoms with Gasteiger partial charge in [0.2, 0.25) is 0 Å². The molecule has 0 aliphatic heterocycles. The van der Waals surface area contributed by atoms with Gasteiger partial charge in [0.15, 0.2) is 6.29 Å². The van der Waals surface area contributed by atoms with Gasteiger partial charge in [0.05, 0.1) is 10.0 Å². The molecule has 0 aliphatic rings. The Bertz CT molecular complexity index is 574. The third-order valence-corrected chi connectivity index (χ3v) is 3.41. The quantitative estimate of drug-likeness (QED) is 0.874. The lowest BCUT2D eigenvalue weighted by Crippen LogP contribution is -1.92. The third kappa shape index (κ3) is 2.79. The molecule has 0 spiro atoms. The first-order valence-corrected chi connectivity index (χ1v) is 6.41. The molecule has 18 heavy (non-hydrogen) atoms. The Balaban J connectivity index is 2.32. The second-order valence-electron chi connectivity index (χ2n) is 4.30. The summed E-state index contributed by atoms with van der Waals surface area (Å²) in [5, 5.41) is 9.65. The van der Waals surface area contributed by atoms with Crippen molar-refractivity contribution in [3.8, 4) is 5.75 Å². The van der Waals surface area contributed by atoms with Gasteiger partial charge in [-0.15, -0.1) is 0 Å². The molecule has 92 valence electrons. The molecule has 0 unspecified atom stereocenters. The van der Waals surface area contributed by atoms with Crippen LogP contribution in [0.2, 0.25) is 0 Å². The Morgan fingerprint density at radius 1 is 1.17 bits per heavy atom. The van der Waals surface area contributed by atoms with E-state index in [2.05, 4.69) is 40.2 Å². The number of aldehydes is 1. The molecule has 0 aromatic heterocycles. The molecule has 0 heterocycles. The number of carbonyl (C=O) groups excluding carboxylic acids is 1. The van der Waals surface area contributed by atoms with E-state index < -0.39 is 0 Å². The maximum absolute atomic E-state index is 10.8. The smallest absolute Gasteiger partial charge is 0.153 e. The molecule has 0 amide bonds. The van der Waals surface area contributed by atoms with Crippen molar-refractivity contribution in [2.45, 2.75) is 13.3 Å². The summed E-state index contributed by atoms with van der Waals surface area (Å²) in [6.45, 7) is 2.05. The average molecular weight is 305 g/mol. The fourth-order valence-corrected chi connectivity index (χ4v) is 2.34. The molecule has 2 nitrogen and oxygen atoms in total. The van der Waals surface area contributed by atoms with Crippen LogP contribution in [0.5, 0.6) is 5.75 Å². The van der Waals surface area contributed by atoms with Crippen LogP contribution in [-0.4, -0.2) is 11.4 Å². The van der Waals surface area contributed by atoms with Crippen LogP contribution in [0.25, 0.3) is 0 Å². The predicted molar refractivity (Wildman–Crippen MR) is 75.2 cm³/mol. The number of halogens is 1. The van der Waals surface area contributed by atoms with E-state index in [1.807, 2.05) is 13.0 Å². The molecule has 0 saturated carbocycles. The average Bonchev–Trinajstić information content (AvgIpc) is 2.36. The molecule has 0 aliphatic carbocycles. The lowest BCUT2D eigenvalue weighted by atomic mass is 10.0. The van der Waals surface area contributed by atoms with Crippen LogP contribution in [-0.2, 0) is 6.42 Å². The highest BCUT2D eigenvalue weighted by atomic mass is 79.9. The van der Waals surface area contributed by atoms with E-state index in [0.29, 0.717) is 16.3 Å². The standard InChI is InChI=1S/C15H13BrO2/c1-10-2-4-11(5-3-10)6-12-7-13(9-17)15(18)14(16)8-12/h2-5,7-9,18H,6H2,1H3. The molecule has 2 rings (SSSR count). The SMILES string of the molecule is Cc1ccc(Cc2cc(Br)c(O)c(C=O)c2)cc1. The number of hydrogen-bond acceptors (Lipinski definition) is 2. The van der Waals surface area contributed by atoms with Gasteiger partial charge >= 0.3 is 0 Å². The molecule has 2 aromatic rings. The lowest BCUT2D eigenvalue weighted by Gasteiger charge is -2.07. The zero-order chi connectivity index (χ0) is 13.1. The molecule has 3 heteroatoms. The van der Waals surface area contributed by atoms with Crippen molar-refractivity contribution in [2.75, 3.05) is 0 Å². The third-order valence-electron chi connectivity index (χ3n) is 2.81. The van der Waals surface area contributed by atoms with Crippen LogP contribution in [0.3, 0.4) is 0 Å². The largest absolute Gasteiger partial charge is 0.506 e. The summed E-state index contributed by atoms with van der Waals surface area (Å²) in [5.74, 6) is -0.00217. The molecular weight excluding hydrogens is 292 g/mol. The molecule has 1 N–H and O–H groups in total. The Kier molecular flexibility index (Phi) is 3.82. The number of carbonyl (C=O) groups is 1. The number of phenolic OH excluding ortho intramolecular Hbond substituents is 1. The summed E-state index contributed by atoms with van der Waals surface area (Å²) >= 11 is 3.25. The van der Waals surface area contributed by atoms with E-state index in [0.717, 1.165) is 12.0 Å². The highest BCUT2D eigenvalue weighted by molar-refractivity contribution is 9.10. The monoisotopic (exact) mass is 304 g/mol. The Morgan fingerprint density at radius 2 is 1.83 bits per heavy atom.